The van der Waals surface area contributed by atoms with Gasteiger partial charge in [-0.05, 0) is 49.3 Å². The Kier molecular flexibility index (Phi) is 6.09. The van der Waals surface area contributed by atoms with Gasteiger partial charge in [0.2, 0.25) is 10.0 Å². The topological polar surface area (TPSA) is 71.5 Å². The fraction of sp³-hybridized carbons (Fsp3) is 0.684. The zero-order valence-electron chi connectivity index (χ0n) is 15.4. The number of nitrogens with zero attached hydrogens (tertiary/aromatic N) is 1. The van der Waals surface area contributed by atoms with Gasteiger partial charge in [0.15, 0.2) is 9.84 Å². The lowest BCUT2D eigenvalue weighted by Crippen LogP contribution is -2.41. The summed E-state index contributed by atoms with van der Waals surface area (Å²) in [6.45, 7) is 2.27. The van der Waals surface area contributed by atoms with Gasteiger partial charge in [0.05, 0.1) is 16.4 Å². The maximum Gasteiger partial charge on any atom is 0.243 e. The van der Waals surface area contributed by atoms with Crippen LogP contribution in [0.5, 0.6) is 0 Å². The van der Waals surface area contributed by atoms with E-state index in [1.165, 1.54) is 42.0 Å². The number of sulfonamides is 1. The van der Waals surface area contributed by atoms with Crippen molar-refractivity contribution in [2.75, 3.05) is 18.1 Å². The Morgan fingerprint density at radius 1 is 1.04 bits per heavy atom. The zero-order chi connectivity index (χ0) is 18.8. The minimum atomic E-state index is -3.68. The van der Waals surface area contributed by atoms with E-state index in [2.05, 4.69) is 0 Å². The molecule has 7 heteroatoms. The molecule has 1 aliphatic carbocycles. The predicted molar refractivity (Wildman–Crippen MR) is 104 cm³/mol. The van der Waals surface area contributed by atoms with Gasteiger partial charge in [0.25, 0.3) is 0 Å². The van der Waals surface area contributed by atoms with Crippen molar-refractivity contribution in [3.05, 3.63) is 29.8 Å². The number of benzene rings is 1. The fourth-order valence-corrected chi connectivity index (χ4v) is 7.78. The van der Waals surface area contributed by atoms with Crippen molar-refractivity contribution in [1.29, 1.82) is 0 Å². The number of sulfone groups is 1. The average molecular weight is 400 g/mol. The van der Waals surface area contributed by atoms with E-state index in [4.69, 9.17) is 0 Å². The third-order valence-electron chi connectivity index (χ3n) is 5.62. The van der Waals surface area contributed by atoms with E-state index in [-0.39, 0.29) is 16.4 Å². The van der Waals surface area contributed by atoms with Crippen molar-refractivity contribution in [3.63, 3.8) is 0 Å². The molecule has 1 heterocycles. The van der Waals surface area contributed by atoms with Crippen LogP contribution in [-0.4, -0.2) is 45.2 Å². The number of rotatable bonds is 6. The highest BCUT2D eigenvalue weighted by Crippen LogP contribution is 2.33. The van der Waals surface area contributed by atoms with Crippen LogP contribution >= 0.6 is 0 Å². The lowest BCUT2D eigenvalue weighted by molar-refractivity contribution is 0.340. The van der Waals surface area contributed by atoms with Gasteiger partial charge in [-0.1, -0.05) is 38.3 Å². The summed E-state index contributed by atoms with van der Waals surface area (Å²) >= 11 is 0. The molecule has 0 aromatic heterocycles. The summed E-state index contributed by atoms with van der Waals surface area (Å²) in [5.74, 6) is 0.549. The fourth-order valence-electron chi connectivity index (χ4n) is 4.21. The maximum absolute atomic E-state index is 13.1. The molecule has 1 aliphatic heterocycles. The highest BCUT2D eigenvalue weighted by Gasteiger charge is 2.38. The molecule has 5 nitrogen and oxygen atoms in total. The van der Waals surface area contributed by atoms with Gasteiger partial charge in [-0.3, -0.25) is 0 Å². The summed E-state index contributed by atoms with van der Waals surface area (Å²) in [6.07, 6.45) is 7.18. The molecule has 1 aromatic carbocycles. The third-order valence-corrected chi connectivity index (χ3v) is 9.34. The predicted octanol–water partition coefficient (Wildman–Crippen LogP) is 3.32. The molecule has 0 unspecified atom stereocenters. The van der Waals surface area contributed by atoms with Gasteiger partial charge >= 0.3 is 0 Å². The summed E-state index contributed by atoms with van der Waals surface area (Å²) in [5.41, 5.74) is 1.22. The van der Waals surface area contributed by atoms with Gasteiger partial charge in [0.1, 0.15) is 0 Å². The second kappa shape index (κ2) is 7.98. The van der Waals surface area contributed by atoms with E-state index in [0.717, 1.165) is 0 Å². The highest BCUT2D eigenvalue weighted by molar-refractivity contribution is 7.92. The number of hydrogen-bond donors (Lipinski definition) is 0. The first kappa shape index (κ1) is 19.8. The molecule has 0 bridgehead atoms. The van der Waals surface area contributed by atoms with Crippen LogP contribution in [0.3, 0.4) is 0 Å². The first-order valence-corrected chi connectivity index (χ1v) is 12.9. The van der Waals surface area contributed by atoms with E-state index in [0.29, 0.717) is 25.3 Å². The largest absolute Gasteiger partial charge is 0.243 e. The Morgan fingerprint density at radius 2 is 1.69 bits per heavy atom. The van der Waals surface area contributed by atoms with Crippen LogP contribution in [-0.2, 0) is 19.9 Å². The smallest absolute Gasteiger partial charge is 0.229 e. The molecule has 1 saturated carbocycles. The average Bonchev–Trinajstić information content (AvgIpc) is 2.99. The zero-order valence-corrected chi connectivity index (χ0v) is 17.1. The molecule has 2 aliphatic rings. The van der Waals surface area contributed by atoms with Crippen molar-refractivity contribution in [2.45, 2.75) is 68.7 Å². The molecule has 0 radical (unpaired) electrons. The van der Waals surface area contributed by atoms with E-state index < -0.39 is 25.9 Å². The summed E-state index contributed by atoms with van der Waals surface area (Å²) < 4.78 is 51.3. The Balaban J connectivity index is 1.82. The van der Waals surface area contributed by atoms with Crippen LogP contribution in [0.15, 0.2) is 29.2 Å². The molecule has 1 aromatic rings. The molecule has 0 N–H and O–H groups in total. The van der Waals surface area contributed by atoms with Crippen molar-refractivity contribution in [2.24, 2.45) is 0 Å². The van der Waals surface area contributed by atoms with Gasteiger partial charge < -0.3 is 0 Å². The molecule has 1 atom stereocenters. The highest BCUT2D eigenvalue weighted by atomic mass is 32.2. The van der Waals surface area contributed by atoms with Gasteiger partial charge in [-0.2, -0.15) is 4.31 Å². The quantitative estimate of drug-likeness (QED) is 0.736. The molecular weight excluding hydrogens is 370 g/mol. The lowest BCUT2D eigenvalue weighted by Gasteiger charge is -2.27. The Morgan fingerprint density at radius 3 is 2.23 bits per heavy atom. The van der Waals surface area contributed by atoms with Crippen LogP contribution in [0.25, 0.3) is 0 Å². The molecular formula is C19H29NO4S2. The van der Waals surface area contributed by atoms with E-state index >= 15 is 0 Å². The Bertz CT molecular complexity index is 810. The van der Waals surface area contributed by atoms with Gasteiger partial charge in [-0.25, -0.2) is 16.8 Å². The van der Waals surface area contributed by atoms with E-state index in [1.54, 1.807) is 12.1 Å². The van der Waals surface area contributed by atoms with Gasteiger partial charge in [-0.15, -0.1) is 0 Å². The van der Waals surface area contributed by atoms with Crippen LogP contribution in [0, 0.1) is 0 Å². The van der Waals surface area contributed by atoms with Gasteiger partial charge in [0, 0.05) is 12.6 Å². The van der Waals surface area contributed by atoms with Crippen molar-refractivity contribution in [1.82, 2.24) is 4.31 Å². The molecule has 0 amide bonds. The lowest BCUT2D eigenvalue weighted by atomic mass is 9.84. The van der Waals surface area contributed by atoms with Crippen molar-refractivity contribution in [3.8, 4) is 0 Å². The molecule has 0 spiro atoms. The third kappa shape index (κ3) is 4.31. The van der Waals surface area contributed by atoms with E-state index in [9.17, 15) is 16.8 Å². The van der Waals surface area contributed by atoms with Crippen LogP contribution in [0.1, 0.15) is 63.4 Å². The van der Waals surface area contributed by atoms with Crippen LogP contribution in [0.2, 0.25) is 0 Å². The normalized spacial score (nSPS) is 24.2. The monoisotopic (exact) mass is 399 g/mol. The molecule has 2 fully saturated rings. The minimum Gasteiger partial charge on any atom is -0.229 e. The minimum absolute atomic E-state index is 0.0631. The molecule has 1 saturated heterocycles. The van der Waals surface area contributed by atoms with Crippen LogP contribution < -0.4 is 0 Å². The summed E-state index contributed by atoms with van der Waals surface area (Å²) in [6, 6.07) is 6.84. The maximum atomic E-state index is 13.1. The summed E-state index contributed by atoms with van der Waals surface area (Å²) in [7, 11) is -6.80. The van der Waals surface area contributed by atoms with Crippen molar-refractivity contribution < 1.29 is 16.8 Å². The first-order valence-electron chi connectivity index (χ1n) is 9.66. The molecule has 146 valence electrons. The molecule has 3 rings (SSSR count). The Labute approximate surface area is 157 Å². The van der Waals surface area contributed by atoms with Crippen molar-refractivity contribution >= 4 is 19.9 Å². The molecule has 26 heavy (non-hydrogen) atoms. The van der Waals surface area contributed by atoms with Crippen LogP contribution in [0.4, 0.5) is 0 Å². The SMILES string of the molecule is CCCN([C@@H]1CCS(=O)(=O)C1)S(=O)(=O)c1ccc(C2CCCCC2)cc1. The summed E-state index contributed by atoms with van der Waals surface area (Å²) in [5, 5.41) is 0. The first-order chi connectivity index (χ1) is 12.3. The van der Waals surface area contributed by atoms with E-state index in [1.807, 2.05) is 19.1 Å². The summed E-state index contributed by atoms with van der Waals surface area (Å²) in [4.78, 5) is 0.273. The second-order valence-electron chi connectivity index (χ2n) is 7.58. The second-order valence-corrected chi connectivity index (χ2v) is 11.7. The number of hydrogen-bond acceptors (Lipinski definition) is 4. The Hall–Kier alpha value is -0.920. The standard InChI is InChI=1S/C19H29NO4S2/c1-2-13-20(18-12-14-25(21,22)15-18)26(23,24)19-10-8-17(9-11-19)16-6-4-3-5-7-16/h8-11,16,18H,2-7,12-15H2,1H3/t18-/m1/s1.